The normalized spacial score (nSPS) is 12.0. The van der Waals surface area contributed by atoms with Crippen molar-refractivity contribution in [2.45, 2.75) is 33.8 Å². The van der Waals surface area contributed by atoms with E-state index in [0.29, 0.717) is 11.5 Å². The average molecular weight is 353 g/mol. The number of carbonyl (C=O) groups excluding carboxylic acids is 2. The van der Waals surface area contributed by atoms with Crippen LogP contribution in [0.25, 0.3) is 5.78 Å². The summed E-state index contributed by atoms with van der Waals surface area (Å²) in [5.41, 5.74) is 3.28. The van der Waals surface area contributed by atoms with Crippen molar-refractivity contribution in [2.24, 2.45) is 0 Å². The molecule has 1 atom stereocenters. The van der Waals surface area contributed by atoms with E-state index in [4.69, 9.17) is 4.74 Å². The molecule has 1 aromatic carbocycles. The number of aromatic nitrogens is 4. The third-order valence-electron chi connectivity index (χ3n) is 3.77. The van der Waals surface area contributed by atoms with Crippen LogP contribution in [0.15, 0.2) is 30.3 Å². The Morgan fingerprint density at radius 2 is 1.81 bits per heavy atom. The fourth-order valence-corrected chi connectivity index (χ4v) is 2.40. The third kappa shape index (κ3) is 3.69. The third-order valence-corrected chi connectivity index (χ3v) is 3.77. The number of anilines is 1. The monoisotopic (exact) mass is 353 g/mol. The number of aryl methyl sites for hydroxylation is 3. The van der Waals surface area contributed by atoms with E-state index in [1.807, 2.05) is 39.0 Å². The van der Waals surface area contributed by atoms with Crippen LogP contribution < -0.4 is 5.32 Å². The van der Waals surface area contributed by atoms with E-state index in [0.717, 1.165) is 17.0 Å². The number of benzene rings is 1. The summed E-state index contributed by atoms with van der Waals surface area (Å²) in [5.74, 6) is -1.04. The maximum atomic E-state index is 12.3. The molecular formula is C18H19N5O3. The largest absolute Gasteiger partial charge is 0.447 e. The van der Waals surface area contributed by atoms with Crippen LogP contribution in [-0.4, -0.2) is 37.6 Å². The first-order valence-corrected chi connectivity index (χ1v) is 8.13. The van der Waals surface area contributed by atoms with Crippen LogP contribution in [-0.2, 0) is 9.53 Å². The minimum absolute atomic E-state index is 0.138. The number of fused-ring (bicyclic) bond motifs is 1. The molecule has 1 unspecified atom stereocenters. The van der Waals surface area contributed by atoms with Gasteiger partial charge in [-0.3, -0.25) is 4.79 Å². The predicted octanol–water partition coefficient (Wildman–Crippen LogP) is 2.23. The molecule has 2 aromatic heterocycles. The number of amides is 1. The van der Waals surface area contributed by atoms with Gasteiger partial charge in [-0.2, -0.15) is 4.98 Å². The van der Waals surface area contributed by atoms with E-state index in [2.05, 4.69) is 20.4 Å². The van der Waals surface area contributed by atoms with Gasteiger partial charge in [0, 0.05) is 17.1 Å². The zero-order valence-electron chi connectivity index (χ0n) is 15.0. The standard InChI is InChI=1S/C18H19N5O3/c1-10-5-7-14(8-6-10)20-16(24)13(4)26-17(25)15-21-18-19-11(2)9-12(3)23(18)22-15/h5-9,13H,1-4H3,(H,20,24). The van der Waals surface area contributed by atoms with Gasteiger partial charge in [0.2, 0.25) is 0 Å². The van der Waals surface area contributed by atoms with Crippen molar-refractivity contribution in [1.29, 1.82) is 0 Å². The van der Waals surface area contributed by atoms with Gasteiger partial charge in [0.1, 0.15) is 0 Å². The maximum Gasteiger partial charge on any atom is 0.379 e. The SMILES string of the molecule is Cc1ccc(NC(=O)C(C)OC(=O)c2nc3nc(C)cc(C)n3n2)cc1. The lowest BCUT2D eigenvalue weighted by Gasteiger charge is -2.12. The predicted molar refractivity (Wildman–Crippen MR) is 94.9 cm³/mol. The molecule has 0 spiro atoms. The number of carbonyl (C=O) groups is 2. The van der Waals surface area contributed by atoms with E-state index >= 15 is 0 Å². The second-order valence-corrected chi connectivity index (χ2v) is 6.09. The van der Waals surface area contributed by atoms with Crippen molar-refractivity contribution >= 4 is 23.3 Å². The summed E-state index contributed by atoms with van der Waals surface area (Å²) in [4.78, 5) is 32.7. The molecule has 1 amide bonds. The van der Waals surface area contributed by atoms with Crippen LogP contribution in [0.2, 0.25) is 0 Å². The number of hydrogen-bond acceptors (Lipinski definition) is 6. The van der Waals surface area contributed by atoms with Crippen LogP contribution in [0.3, 0.4) is 0 Å². The second-order valence-electron chi connectivity index (χ2n) is 6.09. The molecule has 8 nitrogen and oxygen atoms in total. The van der Waals surface area contributed by atoms with Crippen LogP contribution in [0.4, 0.5) is 5.69 Å². The zero-order valence-corrected chi connectivity index (χ0v) is 15.0. The fourth-order valence-electron chi connectivity index (χ4n) is 2.40. The lowest BCUT2D eigenvalue weighted by Crippen LogP contribution is -2.30. The summed E-state index contributed by atoms with van der Waals surface area (Å²) in [6, 6.07) is 9.15. The van der Waals surface area contributed by atoms with E-state index in [9.17, 15) is 9.59 Å². The first-order chi connectivity index (χ1) is 12.3. The molecule has 3 rings (SSSR count). The first kappa shape index (κ1) is 17.5. The van der Waals surface area contributed by atoms with Crippen LogP contribution >= 0.6 is 0 Å². The van der Waals surface area contributed by atoms with Crippen molar-refractivity contribution in [3.05, 3.63) is 53.1 Å². The Morgan fingerprint density at radius 1 is 1.12 bits per heavy atom. The molecule has 0 radical (unpaired) electrons. The summed E-state index contributed by atoms with van der Waals surface area (Å²) in [6.07, 6.45) is -0.994. The number of nitrogens with one attached hydrogen (secondary N) is 1. The van der Waals surface area contributed by atoms with Crippen molar-refractivity contribution in [1.82, 2.24) is 19.6 Å². The Morgan fingerprint density at radius 3 is 2.50 bits per heavy atom. The quantitative estimate of drug-likeness (QED) is 0.722. The van der Waals surface area contributed by atoms with Gasteiger partial charge in [-0.25, -0.2) is 14.3 Å². The molecule has 0 fully saturated rings. The number of esters is 1. The van der Waals surface area contributed by atoms with Gasteiger partial charge in [-0.15, -0.1) is 5.10 Å². The van der Waals surface area contributed by atoms with Gasteiger partial charge in [-0.05, 0) is 45.9 Å². The Hall–Kier alpha value is -3.29. The van der Waals surface area contributed by atoms with Crippen LogP contribution in [0, 0.1) is 20.8 Å². The number of ether oxygens (including phenoxy) is 1. The minimum atomic E-state index is -0.994. The number of rotatable bonds is 4. The zero-order chi connectivity index (χ0) is 18.8. The molecule has 8 heteroatoms. The summed E-state index contributed by atoms with van der Waals surface area (Å²) in [5, 5.41) is 6.79. The molecule has 26 heavy (non-hydrogen) atoms. The molecule has 0 saturated carbocycles. The molecule has 0 aliphatic heterocycles. The number of hydrogen-bond donors (Lipinski definition) is 1. The molecule has 134 valence electrons. The second kappa shape index (κ2) is 6.91. The van der Waals surface area contributed by atoms with Crippen molar-refractivity contribution < 1.29 is 14.3 Å². The molecule has 1 N–H and O–H groups in total. The lowest BCUT2D eigenvalue weighted by molar-refractivity contribution is -0.123. The van der Waals surface area contributed by atoms with Crippen molar-refractivity contribution in [2.75, 3.05) is 5.32 Å². The van der Waals surface area contributed by atoms with Gasteiger partial charge in [0.25, 0.3) is 17.5 Å². The molecule has 2 heterocycles. The van der Waals surface area contributed by atoms with Crippen LogP contribution in [0.1, 0.15) is 34.5 Å². The molecule has 3 aromatic rings. The summed E-state index contributed by atoms with van der Waals surface area (Å²) < 4.78 is 6.64. The first-order valence-electron chi connectivity index (χ1n) is 8.13. The molecule has 0 aliphatic rings. The fraction of sp³-hybridized carbons (Fsp3) is 0.278. The molecular weight excluding hydrogens is 334 g/mol. The molecule has 0 bridgehead atoms. The Balaban J connectivity index is 1.69. The molecule has 0 saturated heterocycles. The Bertz CT molecular complexity index is 978. The van der Waals surface area contributed by atoms with E-state index < -0.39 is 18.0 Å². The molecule has 0 aliphatic carbocycles. The highest BCUT2D eigenvalue weighted by Crippen LogP contribution is 2.11. The Labute approximate surface area is 150 Å². The average Bonchev–Trinajstić information content (AvgIpc) is 3.01. The van der Waals surface area contributed by atoms with Gasteiger partial charge in [-0.1, -0.05) is 17.7 Å². The highest BCUT2D eigenvalue weighted by molar-refractivity contribution is 5.96. The highest BCUT2D eigenvalue weighted by Gasteiger charge is 2.23. The summed E-state index contributed by atoms with van der Waals surface area (Å²) >= 11 is 0. The smallest absolute Gasteiger partial charge is 0.379 e. The topological polar surface area (TPSA) is 98.5 Å². The van der Waals surface area contributed by atoms with Crippen molar-refractivity contribution in [3.63, 3.8) is 0 Å². The van der Waals surface area contributed by atoms with E-state index in [1.165, 1.54) is 11.4 Å². The van der Waals surface area contributed by atoms with Gasteiger partial charge < -0.3 is 10.1 Å². The van der Waals surface area contributed by atoms with Crippen molar-refractivity contribution in [3.8, 4) is 0 Å². The Kier molecular flexibility index (Phi) is 4.66. The lowest BCUT2D eigenvalue weighted by atomic mass is 10.2. The summed E-state index contributed by atoms with van der Waals surface area (Å²) in [7, 11) is 0. The van der Waals surface area contributed by atoms with Gasteiger partial charge in [0.15, 0.2) is 6.10 Å². The maximum absolute atomic E-state index is 12.3. The minimum Gasteiger partial charge on any atom is -0.447 e. The van der Waals surface area contributed by atoms with Gasteiger partial charge >= 0.3 is 5.97 Å². The summed E-state index contributed by atoms with van der Waals surface area (Å²) in [6.45, 7) is 7.11. The van der Waals surface area contributed by atoms with E-state index in [1.54, 1.807) is 12.1 Å². The van der Waals surface area contributed by atoms with Crippen LogP contribution in [0.5, 0.6) is 0 Å². The number of nitrogens with zero attached hydrogens (tertiary/aromatic N) is 4. The van der Waals surface area contributed by atoms with E-state index in [-0.39, 0.29) is 5.82 Å². The highest BCUT2D eigenvalue weighted by atomic mass is 16.5. The van der Waals surface area contributed by atoms with Gasteiger partial charge in [0.05, 0.1) is 0 Å².